The number of carbonyl (C=O) groups is 3. The number of hydrogen-bond acceptors (Lipinski definition) is 7. The molecule has 0 aliphatic carbocycles. The number of aldehydes is 1. The van der Waals surface area contributed by atoms with E-state index < -0.39 is 6.09 Å². The molecule has 3 N–H and O–H groups in total. The molecule has 3 aromatic rings. The van der Waals surface area contributed by atoms with Crippen molar-refractivity contribution < 1.29 is 19.1 Å². The number of hydrogen-bond donors (Lipinski definition) is 2. The van der Waals surface area contributed by atoms with Crippen LogP contribution in [-0.4, -0.2) is 85.4 Å². The number of amides is 2. The van der Waals surface area contributed by atoms with Crippen LogP contribution in [0.4, 0.5) is 10.5 Å². The monoisotopic (exact) mass is 611 g/mol. The second-order valence-electron chi connectivity index (χ2n) is 12.3. The number of carbonyl (C=O) groups excluding carboxylic acids is 3. The van der Waals surface area contributed by atoms with Crippen molar-refractivity contribution in [3.8, 4) is 11.1 Å². The minimum absolute atomic E-state index is 0.0194. The van der Waals surface area contributed by atoms with Gasteiger partial charge in [0, 0.05) is 56.3 Å². The second-order valence-corrected chi connectivity index (χ2v) is 12.3. The van der Waals surface area contributed by atoms with Gasteiger partial charge in [-0.15, -0.1) is 0 Å². The number of likely N-dealkylation sites (N-methyl/N-ethyl adjacent to an activating group) is 1. The lowest BCUT2D eigenvalue weighted by Crippen LogP contribution is -2.41. The Balaban J connectivity index is 1.05. The van der Waals surface area contributed by atoms with Crippen LogP contribution in [0.2, 0.25) is 0 Å². The SMILES string of the molecule is CN(CCN1CCC(OC(=O)Nc2ccccc2-c2ccccc2)CC1)Cc1cc(CN2CCC(C(N)=O)CC2)ccc1C=O. The third-order valence-corrected chi connectivity index (χ3v) is 9.03. The van der Waals surface area contributed by atoms with Crippen LogP contribution < -0.4 is 11.1 Å². The number of rotatable bonds is 12. The average molecular weight is 612 g/mol. The number of ether oxygens (including phenoxy) is 1. The summed E-state index contributed by atoms with van der Waals surface area (Å²) in [6.45, 7) is 6.71. The normalized spacial score (nSPS) is 16.8. The van der Waals surface area contributed by atoms with Crippen LogP contribution >= 0.6 is 0 Å². The first-order chi connectivity index (χ1) is 21.9. The molecule has 2 aliphatic rings. The van der Waals surface area contributed by atoms with Gasteiger partial charge in [0.05, 0.1) is 5.69 Å². The molecule has 2 heterocycles. The van der Waals surface area contributed by atoms with Crippen molar-refractivity contribution in [1.29, 1.82) is 0 Å². The molecular weight excluding hydrogens is 566 g/mol. The molecule has 3 aromatic carbocycles. The van der Waals surface area contributed by atoms with E-state index in [0.717, 1.165) is 106 Å². The summed E-state index contributed by atoms with van der Waals surface area (Å²) in [6, 6.07) is 23.9. The predicted octanol–water partition coefficient (Wildman–Crippen LogP) is 5.01. The van der Waals surface area contributed by atoms with Gasteiger partial charge in [-0.2, -0.15) is 0 Å². The maximum atomic E-state index is 12.8. The lowest BCUT2D eigenvalue weighted by molar-refractivity contribution is -0.123. The summed E-state index contributed by atoms with van der Waals surface area (Å²) in [5, 5.41) is 2.95. The molecule has 9 nitrogen and oxygen atoms in total. The van der Waals surface area contributed by atoms with E-state index in [-0.39, 0.29) is 17.9 Å². The quantitative estimate of drug-likeness (QED) is 0.277. The summed E-state index contributed by atoms with van der Waals surface area (Å²) in [5.41, 5.74) is 11.2. The van der Waals surface area contributed by atoms with E-state index in [4.69, 9.17) is 10.5 Å². The van der Waals surface area contributed by atoms with E-state index >= 15 is 0 Å². The number of nitrogens with one attached hydrogen (secondary N) is 1. The summed E-state index contributed by atoms with van der Waals surface area (Å²) in [6.07, 6.45) is 3.61. The maximum absolute atomic E-state index is 12.8. The highest BCUT2D eigenvalue weighted by molar-refractivity contribution is 5.91. The average Bonchev–Trinajstić information content (AvgIpc) is 3.05. The molecule has 45 heavy (non-hydrogen) atoms. The second kappa shape index (κ2) is 15.8. The smallest absolute Gasteiger partial charge is 0.411 e. The molecular formula is C36H45N5O4. The summed E-state index contributed by atoms with van der Waals surface area (Å²) in [7, 11) is 2.09. The molecule has 9 heteroatoms. The molecule has 0 radical (unpaired) electrons. The number of primary amides is 1. The highest BCUT2D eigenvalue weighted by Crippen LogP contribution is 2.28. The van der Waals surface area contributed by atoms with Gasteiger partial charge in [0.15, 0.2) is 0 Å². The molecule has 5 rings (SSSR count). The number of likely N-dealkylation sites (tertiary alicyclic amines) is 2. The Hall–Kier alpha value is -4.05. The van der Waals surface area contributed by atoms with Crippen LogP contribution in [0.3, 0.4) is 0 Å². The largest absolute Gasteiger partial charge is 0.446 e. The van der Waals surface area contributed by atoms with E-state index in [1.165, 1.54) is 5.56 Å². The van der Waals surface area contributed by atoms with Gasteiger partial charge in [-0.3, -0.25) is 19.8 Å². The van der Waals surface area contributed by atoms with Crippen LogP contribution in [-0.2, 0) is 22.6 Å². The molecule has 238 valence electrons. The van der Waals surface area contributed by atoms with Gasteiger partial charge in [-0.1, -0.05) is 66.7 Å². The van der Waals surface area contributed by atoms with E-state index in [9.17, 15) is 14.4 Å². The van der Waals surface area contributed by atoms with Crippen LogP contribution in [0, 0.1) is 5.92 Å². The van der Waals surface area contributed by atoms with Crippen molar-refractivity contribution in [1.82, 2.24) is 14.7 Å². The third-order valence-electron chi connectivity index (χ3n) is 9.03. The molecule has 2 saturated heterocycles. The highest BCUT2D eigenvalue weighted by atomic mass is 16.6. The van der Waals surface area contributed by atoms with Crippen LogP contribution in [0.5, 0.6) is 0 Å². The third kappa shape index (κ3) is 9.23. The van der Waals surface area contributed by atoms with Gasteiger partial charge in [0.25, 0.3) is 0 Å². The van der Waals surface area contributed by atoms with Crippen LogP contribution in [0.1, 0.15) is 47.2 Å². The molecule has 0 unspecified atom stereocenters. The fourth-order valence-corrected chi connectivity index (χ4v) is 6.33. The Labute approximate surface area is 266 Å². The topological polar surface area (TPSA) is 108 Å². The minimum atomic E-state index is -0.417. The number of anilines is 1. The van der Waals surface area contributed by atoms with Crippen molar-refractivity contribution >= 4 is 24.0 Å². The Bertz CT molecular complexity index is 1430. The molecule has 0 aromatic heterocycles. The molecule has 2 amide bonds. The lowest BCUT2D eigenvalue weighted by Gasteiger charge is -2.32. The first-order valence-corrected chi connectivity index (χ1v) is 16.0. The van der Waals surface area contributed by atoms with E-state index in [1.807, 2.05) is 66.7 Å². The van der Waals surface area contributed by atoms with Crippen molar-refractivity contribution in [3.05, 3.63) is 89.5 Å². The zero-order chi connectivity index (χ0) is 31.6. The minimum Gasteiger partial charge on any atom is -0.446 e. The summed E-state index contributed by atoms with van der Waals surface area (Å²) >= 11 is 0. The van der Waals surface area contributed by atoms with Crippen molar-refractivity contribution in [2.24, 2.45) is 11.7 Å². The van der Waals surface area contributed by atoms with Crippen LogP contribution in [0.25, 0.3) is 11.1 Å². The van der Waals surface area contributed by atoms with Crippen LogP contribution in [0.15, 0.2) is 72.8 Å². The number of para-hydroxylation sites is 1. The molecule has 0 saturated carbocycles. The van der Waals surface area contributed by atoms with Crippen molar-refractivity contribution in [2.45, 2.75) is 44.9 Å². The summed E-state index contributed by atoms with van der Waals surface area (Å²) in [4.78, 5) is 43.1. The number of nitrogens with zero attached hydrogens (tertiary/aromatic N) is 3. The van der Waals surface area contributed by atoms with Crippen molar-refractivity contribution in [3.63, 3.8) is 0 Å². The Morgan fingerprint density at radius 1 is 0.933 bits per heavy atom. The van der Waals surface area contributed by atoms with Gasteiger partial charge >= 0.3 is 6.09 Å². The Morgan fingerprint density at radius 3 is 2.33 bits per heavy atom. The maximum Gasteiger partial charge on any atom is 0.411 e. The van der Waals surface area contributed by atoms with Gasteiger partial charge in [-0.25, -0.2) is 4.79 Å². The molecule has 2 fully saturated rings. The van der Waals surface area contributed by atoms with Gasteiger partial charge in [0.2, 0.25) is 5.91 Å². The fraction of sp³-hybridized carbons (Fsp3) is 0.417. The van der Waals surface area contributed by atoms with Crippen molar-refractivity contribution in [2.75, 3.05) is 51.6 Å². The standard InChI is InChI=1S/C36H45N5O4/c1-39(25-31-23-27(11-12-30(31)26-42)24-41-17-13-29(14-18-41)35(37)43)21-22-40-19-15-32(16-20-40)45-36(44)38-34-10-6-5-9-33(34)28-7-3-2-4-8-28/h2-12,23,26,29,32H,13-22,24-25H2,1H3,(H2,37,43)(H,38,44). The lowest BCUT2D eigenvalue weighted by atomic mass is 9.95. The molecule has 0 atom stereocenters. The first-order valence-electron chi connectivity index (χ1n) is 16.0. The Kier molecular flexibility index (Phi) is 11.4. The number of benzene rings is 3. The summed E-state index contributed by atoms with van der Waals surface area (Å²) in [5.74, 6) is -0.217. The number of piperidine rings is 2. The number of nitrogens with two attached hydrogens (primary N) is 1. The molecule has 2 aliphatic heterocycles. The van der Waals surface area contributed by atoms with Gasteiger partial charge < -0.3 is 20.3 Å². The van der Waals surface area contributed by atoms with E-state index in [2.05, 4.69) is 33.1 Å². The summed E-state index contributed by atoms with van der Waals surface area (Å²) < 4.78 is 5.80. The molecule has 0 spiro atoms. The zero-order valence-corrected chi connectivity index (χ0v) is 26.2. The first kappa shape index (κ1) is 32.3. The Morgan fingerprint density at radius 2 is 1.62 bits per heavy atom. The fourth-order valence-electron chi connectivity index (χ4n) is 6.33. The van der Waals surface area contributed by atoms with Gasteiger partial charge in [-0.05, 0) is 68.6 Å². The van der Waals surface area contributed by atoms with E-state index in [0.29, 0.717) is 6.54 Å². The van der Waals surface area contributed by atoms with Gasteiger partial charge in [0.1, 0.15) is 12.4 Å². The molecule has 0 bridgehead atoms. The predicted molar refractivity (Wildman–Crippen MR) is 177 cm³/mol. The van der Waals surface area contributed by atoms with E-state index in [1.54, 1.807) is 0 Å². The zero-order valence-electron chi connectivity index (χ0n) is 26.2. The highest BCUT2D eigenvalue weighted by Gasteiger charge is 2.24.